The van der Waals surface area contributed by atoms with Crippen LogP contribution in [0.1, 0.15) is 52.7 Å². The molecule has 3 rings (SSSR count). The number of alkyl halides is 3. The van der Waals surface area contributed by atoms with Crippen LogP contribution in [0, 0.1) is 12.8 Å². The molecule has 0 bridgehead atoms. The average molecular weight is 438 g/mol. The molecule has 1 saturated heterocycles. The molecule has 1 amide bonds. The molecular formula is C23H30F3N3O2. The third-order valence-corrected chi connectivity index (χ3v) is 6.04. The molecule has 2 aromatic rings. The summed E-state index contributed by atoms with van der Waals surface area (Å²) in [5.74, 6) is 0.907. The van der Waals surface area contributed by atoms with Gasteiger partial charge in [-0.25, -0.2) is 0 Å². The molecule has 1 aromatic heterocycles. The lowest BCUT2D eigenvalue weighted by Gasteiger charge is -2.34. The lowest BCUT2D eigenvalue weighted by Crippen LogP contribution is -2.40. The van der Waals surface area contributed by atoms with Gasteiger partial charge < -0.3 is 14.3 Å². The van der Waals surface area contributed by atoms with E-state index in [1.807, 2.05) is 14.0 Å². The maximum atomic E-state index is 12.9. The van der Waals surface area contributed by atoms with Crippen molar-refractivity contribution in [2.75, 3.05) is 33.2 Å². The topological polar surface area (TPSA) is 49.6 Å². The molecule has 0 atom stereocenters. The van der Waals surface area contributed by atoms with E-state index in [2.05, 4.69) is 10.1 Å². The molecule has 1 aromatic carbocycles. The molecule has 0 radical (unpaired) electrons. The molecule has 31 heavy (non-hydrogen) atoms. The standard InChI is InChI=1S/C23H30F3N3O2/c1-4-20-21(16(2)31-27-20)22(30)28(3)15-18-9-12-29(13-10-18)11-8-17-6-5-7-19(14-17)23(24,25)26/h5-7,14,18H,4,8-13,15H2,1-3H3. The minimum atomic E-state index is -4.30. The summed E-state index contributed by atoms with van der Waals surface area (Å²) in [6, 6.07) is 5.57. The molecule has 1 fully saturated rings. The molecular weight excluding hydrogens is 407 g/mol. The fourth-order valence-electron chi connectivity index (χ4n) is 4.18. The second-order valence-electron chi connectivity index (χ2n) is 8.33. The number of amides is 1. The molecule has 0 N–H and O–H groups in total. The van der Waals surface area contributed by atoms with Crippen LogP contribution in [0.4, 0.5) is 13.2 Å². The van der Waals surface area contributed by atoms with Gasteiger partial charge in [-0.3, -0.25) is 4.79 Å². The van der Waals surface area contributed by atoms with Crippen LogP contribution >= 0.6 is 0 Å². The van der Waals surface area contributed by atoms with E-state index in [0.717, 1.165) is 38.5 Å². The first-order valence-electron chi connectivity index (χ1n) is 10.8. The molecule has 0 saturated carbocycles. The molecule has 1 aliphatic rings. The number of hydrogen-bond donors (Lipinski definition) is 0. The Labute approximate surface area is 181 Å². The predicted octanol–water partition coefficient (Wildman–Crippen LogP) is 4.59. The zero-order valence-electron chi connectivity index (χ0n) is 18.3. The number of hydrogen-bond acceptors (Lipinski definition) is 4. The van der Waals surface area contributed by atoms with Gasteiger partial charge in [-0.05, 0) is 63.2 Å². The minimum absolute atomic E-state index is 0.0532. The summed E-state index contributed by atoms with van der Waals surface area (Å²) in [4.78, 5) is 16.9. The van der Waals surface area contributed by atoms with E-state index >= 15 is 0 Å². The summed E-state index contributed by atoms with van der Waals surface area (Å²) in [6.07, 6.45) is -1.14. The molecule has 1 aliphatic heterocycles. The third kappa shape index (κ3) is 5.87. The summed E-state index contributed by atoms with van der Waals surface area (Å²) in [6.45, 7) is 6.90. The Kier molecular flexibility index (Phi) is 7.41. The van der Waals surface area contributed by atoms with Gasteiger partial charge in [-0.1, -0.05) is 30.3 Å². The van der Waals surface area contributed by atoms with Gasteiger partial charge in [0.15, 0.2) is 0 Å². The SMILES string of the molecule is CCc1noc(C)c1C(=O)N(C)CC1CCN(CCc2cccc(C(F)(F)F)c2)CC1. The Hall–Kier alpha value is -2.35. The van der Waals surface area contributed by atoms with Crippen LogP contribution in [0.15, 0.2) is 28.8 Å². The van der Waals surface area contributed by atoms with Crippen molar-refractivity contribution in [1.29, 1.82) is 0 Å². The van der Waals surface area contributed by atoms with Crippen molar-refractivity contribution in [3.05, 3.63) is 52.4 Å². The Morgan fingerprint density at radius 2 is 2.00 bits per heavy atom. The van der Waals surface area contributed by atoms with Crippen molar-refractivity contribution >= 4 is 5.91 Å². The van der Waals surface area contributed by atoms with Crippen molar-refractivity contribution in [1.82, 2.24) is 15.0 Å². The van der Waals surface area contributed by atoms with E-state index < -0.39 is 11.7 Å². The summed E-state index contributed by atoms with van der Waals surface area (Å²) in [5, 5.41) is 3.97. The lowest BCUT2D eigenvalue weighted by molar-refractivity contribution is -0.137. The highest BCUT2D eigenvalue weighted by molar-refractivity contribution is 5.96. The number of rotatable bonds is 7. The highest BCUT2D eigenvalue weighted by Gasteiger charge is 2.30. The smallest absolute Gasteiger partial charge is 0.361 e. The average Bonchev–Trinajstić information content (AvgIpc) is 3.12. The molecule has 5 nitrogen and oxygen atoms in total. The van der Waals surface area contributed by atoms with Crippen molar-refractivity contribution < 1.29 is 22.5 Å². The molecule has 0 unspecified atom stereocenters. The maximum absolute atomic E-state index is 12.9. The van der Waals surface area contributed by atoms with Crippen molar-refractivity contribution in [3.63, 3.8) is 0 Å². The number of aromatic nitrogens is 1. The summed E-state index contributed by atoms with van der Waals surface area (Å²) in [7, 11) is 1.81. The monoisotopic (exact) mass is 437 g/mol. The van der Waals surface area contributed by atoms with E-state index in [4.69, 9.17) is 4.52 Å². The number of aryl methyl sites for hydroxylation is 2. The Balaban J connectivity index is 1.46. The van der Waals surface area contributed by atoms with Crippen molar-refractivity contribution in [2.45, 2.75) is 45.7 Å². The van der Waals surface area contributed by atoms with Crippen LogP contribution < -0.4 is 0 Å². The van der Waals surface area contributed by atoms with Crippen LogP contribution in [-0.4, -0.2) is 54.1 Å². The number of piperidine rings is 1. The van der Waals surface area contributed by atoms with E-state index in [-0.39, 0.29) is 5.91 Å². The van der Waals surface area contributed by atoms with Gasteiger partial charge in [0, 0.05) is 20.1 Å². The molecule has 170 valence electrons. The first kappa shape index (κ1) is 23.3. The lowest BCUT2D eigenvalue weighted by atomic mass is 9.95. The van der Waals surface area contributed by atoms with Crippen LogP contribution in [0.25, 0.3) is 0 Å². The second-order valence-corrected chi connectivity index (χ2v) is 8.33. The van der Waals surface area contributed by atoms with Crippen molar-refractivity contribution in [3.8, 4) is 0 Å². The Morgan fingerprint density at radius 3 is 2.65 bits per heavy atom. The predicted molar refractivity (Wildman–Crippen MR) is 112 cm³/mol. The number of likely N-dealkylation sites (tertiary alicyclic amines) is 1. The first-order chi connectivity index (χ1) is 14.7. The summed E-state index contributed by atoms with van der Waals surface area (Å²) < 4.78 is 43.8. The first-order valence-corrected chi connectivity index (χ1v) is 10.8. The number of carbonyl (C=O) groups excluding carboxylic acids is 1. The second kappa shape index (κ2) is 9.85. The third-order valence-electron chi connectivity index (χ3n) is 6.04. The largest absolute Gasteiger partial charge is 0.416 e. The van der Waals surface area contributed by atoms with Gasteiger partial charge in [0.05, 0.1) is 11.3 Å². The maximum Gasteiger partial charge on any atom is 0.416 e. The van der Waals surface area contributed by atoms with Crippen LogP contribution in [-0.2, 0) is 19.0 Å². The Bertz CT molecular complexity index is 886. The summed E-state index contributed by atoms with van der Waals surface area (Å²) in [5.41, 5.74) is 1.38. The zero-order valence-corrected chi connectivity index (χ0v) is 18.3. The molecule has 0 aliphatic carbocycles. The van der Waals surface area contributed by atoms with Crippen LogP contribution in [0.3, 0.4) is 0 Å². The Morgan fingerprint density at radius 1 is 1.29 bits per heavy atom. The van der Waals surface area contributed by atoms with Gasteiger partial charge >= 0.3 is 6.18 Å². The van der Waals surface area contributed by atoms with Gasteiger partial charge in [0.1, 0.15) is 11.3 Å². The fraction of sp³-hybridized carbons (Fsp3) is 0.565. The normalized spacial score (nSPS) is 15.9. The van der Waals surface area contributed by atoms with Crippen LogP contribution in [0.5, 0.6) is 0 Å². The van der Waals surface area contributed by atoms with Gasteiger partial charge in [0.25, 0.3) is 5.91 Å². The molecule has 2 heterocycles. The molecule has 0 spiro atoms. The van der Waals surface area contributed by atoms with Gasteiger partial charge in [-0.2, -0.15) is 13.2 Å². The zero-order chi connectivity index (χ0) is 22.6. The van der Waals surface area contributed by atoms with E-state index in [1.165, 1.54) is 12.1 Å². The van der Waals surface area contributed by atoms with E-state index in [9.17, 15) is 18.0 Å². The van der Waals surface area contributed by atoms with Gasteiger partial charge in [-0.15, -0.1) is 0 Å². The number of carbonyl (C=O) groups is 1. The van der Waals surface area contributed by atoms with Crippen LogP contribution in [0.2, 0.25) is 0 Å². The number of nitrogens with zero attached hydrogens (tertiary/aromatic N) is 3. The number of halogens is 3. The van der Waals surface area contributed by atoms with E-state index in [1.54, 1.807) is 17.9 Å². The van der Waals surface area contributed by atoms with Crippen molar-refractivity contribution in [2.24, 2.45) is 5.92 Å². The quantitative estimate of drug-likeness (QED) is 0.636. The highest BCUT2D eigenvalue weighted by atomic mass is 19.4. The number of benzene rings is 1. The summed E-state index contributed by atoms with van der Waals surface area (Å²) >= 11 is 0. The van der Waals surface area contributed by atoms with Gasteiger partial charge in [0.2, 0.25) is 0 Å². The fourth-order valence-corrected chi connectivity index (χ4v) is 4.18. The minimum Gasteiger partial charge on any atom is -0.361 e. The molecule has 8 heteroatoms. The van der Waals surface area contributed by atoms with E-state index in [0.29, 0.717) is 47.9 Å². The highest BCUT2D eigenvalue weighted by Crippen LogP contribution is 2.29.